The highest BCUT2D eigenvalue weighted by Crippen LogP contribution is 2.46. The summed E-state index contributed by atoms with van der Waals surface area (Å²) in [7, 11) is 0. The quantitative estimate of drug-likeness (QED) is 0.542. The van der Waals surface area contributed by atoms with Crippen molar-refractivity contribution in [2.45, 2.75) is 32.0 Å². The van der Waals surface area contributed by atoms with Crippen LogP contribution in [0.25, 0.3) is 0 Å². The van der Waals surface area contributed by atoms with Crippen molar-refractivity contribution in [2.24, 2.45) is 0 Å². The van der Waals surface area contributed by atoms with Crippen LogP contribution in [0.5, 0.6) is 28.7 Å². The maximum atomic E-state index is 10.3. The fourth-order valence-corrected chi connectivity index (χ4v) is 2.93. The topological polar surface area (TPSA) is 110 Å². The molecule has 2 aromatic rings. The molecule has 2 atom stereocenters. The molecule has 0 fully saturated rings. The third-order valence-electron chi connectivity index (χ3n) is 4.13. The number of rotatable bonds is 2. The van der Waals surface area contributed by atoms with Gasteiger partial charge in [0.25, 0.3) is 0 Å². The Hall–Kier alpha value is -2.60. The Bertz CT molecular complexity index is 755. The Morgan fingerprint density at radius 2 is 1.74 bits per heavy atom. The van der Waals surface area contributed by atoms with Gasteiger partial charge in [0.1, 0.15) is 23.4 Å². The van der Waals surface area contributed by atoms with Gasteiger partial charge in [0.15, 0.2) is 11.5 Å². The van der Waals surface area contributed by atoms with Crippen molar-refractivity contribution < 1.29 is 30.3 Å². The van der Waals surface area contributed by atoms with Gasteiger partial charge in [-0.2, -0.15) is 0 Å². The highest BCUT2D eigenvalue weighted by Gasteiger charge is 2.34. The van der Waals surface area contributed by atoms with E-state index in [-0.39, 0.29) is 29.4 Å². The molecule has 3 rings (SSSR count). The van der Waals surface area contributed by atoms with Crippen LogP contribution >= 0.6 is 0 Å². The second-order valence-corrected chi connectivity index (χ2v) is 5.61. The van der Waals surface area contributed by atoms with E-state index >= 15 is 0 Å². The molecule has 5 N–H and O–H groups in total. The number of aromatic hydroxyl groups is 4. The minimum atomic E-state index is -0.938. The van der Waals surface area contributed by atoms with E-state index in [4.69, 9.17) is 4.74 Å². The predicted molar refractivity (Wildman–Crippen MR) is 82.0 cm³/mol. The molecule has 0 radical (unpaired) electrons. The molecule has 6 nitrogen and oxygen atoms in total. The fraction of sp³-hybridized carbons (Fsp3) is 0.294. The zero-order valence-electron chi connectivity index (χ0n) is 12.5. The van der Waals surface area contributed by atoms with Crippen LogP contribution in [-0.2, 0) is 12.8 Å². The van der Waals surface area contributed by atoms with Crippen molar-refractivity contribution in [3.05, 3.63) is 41.0 Å². The molecule has 1 aliphatic rings. The molecule has 0 saturated heterocycles. The lowest BCUT2D eigenvalue weighted by Gasteiger charge is -2.33. The van der Waals surface area contributed by atoms with E-state index < -0.39 is 12.2 Å². The SMILES string of the molecule is CCc1c(O)cc(O)c2c1OC(c1ccc(O)c(O)c1)[C@@H](O)C2. The van der Waals surface area contributed by atoms with Crippen LogP contribution in [0, 0.1) is 0 Å². The predicted octanol–water partition coefficient (Wildman–Crippen LogP) is 2.11. The Kier molecular flexibility index (Phi) is 3.69. The van der Waals surface area contributed by atoms with Crippen LogP contribution in [0.4, 0.5) is 0 Å². The number of ether oxygens (including phenoxy) is 1. The van der Waals surface area contributed by atoms with Crippen molar-refractivity contribution in [1.29, 1.82) is 0 Å². The zero-order valence-corrected chi connectivity index (χ0v) is 12.5. The second-order valence-electron chi connectivity index (χ2n) is 5.61. The molecule has 0 spiro atoms. The average Bonchev–Trinajstić information content (AvgIpc) is 2.51. The average molecular weight is 318 g/mol. The first kappa shape index (κ1) is 15.3. The molecule has 1 unspecified atom stereocenters. The summed E-state index contributed by atoms with van der Waals surface area (Å²) in [4.78, 5) is 0. The van der Waals surface area contributed by atoms with E-state index in [0.717, 1.165) is 0 Å². The van der Waals surface area contributed by atoms with Gasteiger partial charge in [0.05, 0.1) is 6.10 Å². The van der Waals surface area contributed by atoms with Gasteiger partial charge >= 0.3 is 0 Å². The van der Waals surface area contributed by atoms with Gasteiger partial charge in [-0.05, 0) is 24.1 Å². The van der Waals surface area contributed by atoms with E-state index in [1.54, 1.807) is 6.07 Å². The molecule has 0 saturated carbocycles. The number of benzene rings is 2. The van der Waals surface area contributed by atoms with Crippen molar-refractivity contribution in [1.82, 2.24) is 0 Å². The Morgan fingerprint density at radius 3 is 2.39 bits per heavy atom. The summed E-state index contributed by atoms with van der Waals surface area (Å²) in [5.41, 5.74) is 1.49. The molecule has 23 heavy (non-hydrogen) atoms. The molecule has 2 aromatic carbocycles. The lowest BCUT2D eigenvalue weighted by atomic mass is 9.91. The summed E-state index contributed by atoms with van der Waals surface area (Å²) >= 11 is 0. The van der Waals surface area contributed by atoms with Crippen LogP contribution in [-0.4, -0.2) is 31.6 Å². The lowest BCUT2D eigenvalue weighted by molar-refractivity contribution is 0.0190. The van der Waals surface area contributed by atoms with E-state index in [1.807, 2.05) is 6.92 Å². The normalized spacial score (nSPS) is 19.9. The number of aliphatic hydroxyl groups is 1. The maximum absolute atomic E-state index is 10.3. The van der Waals surface area contributed by atoms with Gasteiger partial charge in [0.2, 0.25) is 0 Å². The van der Waals surface area contributed by atoms with Gasteiger partial charge in [0, 0.05) is 23.6 Å². The van der Waals surface area contributed by atoms with E-state index in [0.29, 0.717) is 28.9 Å². The van der Waals surface area contributed by atoms with Crippen LogP contribution in [0.15, 0.2) is 24.3 Å². The molecule has 1 aliphatic heterocycles. The second kappa shape index (κ2) is 5.55. The smallest absolute Gasteiger partial charge is 0.157 e. The largest absolute Gasteiger partial charge is 0.507 e. The fourth-order valence-electron chi connectivity index (χ4n) is 2.93. The van der Waals surface area contributed by atoms with Gasteiger partial charge in [-0.3, -0.25) is 0 Å². The third kappa shape index (κ3) is 2.51. The van der Waals surface area contributed by atoms with Crippen molar-refractivity contribution in [3.8, 4) is 28.7 Å². The van der Waals surface area contributed by atoms with Gasteiger partial charge in [-0.15, -0.1) is 0 Å². The minimum Gasteiger partial charge on any atom is -0.507 e. The summed E-state index contributed by atoms with van der Waals surface area (Å²) in [6.45, 7) is 1.85. The number of fused-ring (bicyclic) bond motifs is 1. The highest BCUT2D eigenvalue weighted by atomic mass is 16.5. The van der Waals surface area contributed by atoms with Gasteiger partial charge in [-0.25, -0.2) is 0 Å². The summed E-state index contributed by atoms with van der Waals surface area (Å²) in [5.74, 6) is -0.399. The first-order valence-electron chi connectivity index (χ1n) is 7.35. The molecule has 0 bridgehead atoms. The summed E-state index contributed by atoms with van der Waals surface area (Å²) in [6, 6.07) is 5.43. The monoisotopic (exact) mass is 318 g/mol. The molecule has 6 heteroatoms. The highest BCUT2D eigenvalue weighted by molar-refractivity contribution is 5.58. The summed E-state index contributed by atoms with van der Waals surface area (Å²) in [5, 5.41) is 49.3. The van der Waals surface area contributed by atoms with E-state index in [2.05, 4.69) is 0 Å². The Labute approximate surface area is 132 Å². The van der Waals surface area contributed by atoms with Crippen LogP contribution < -0.4 is 4.74 Å². The lowest BCUT2D eigenvalue weighted by Crippen LogP contribution is -2.31. The molecule has 1 heterocycles. The third-order valence-corrected chi connectivity index (χ3v) is 4.13. The summed E-state index contributed by atoms with van der Waals surface area (Å²) < 4.78 is 5.85. The minimum absolute atomic E-state index is 0.0626. The van der Waals surface area contributed by atoms with Crippen LogP contribution in [0.2, 0.25) is 0 Å². The first-order chi connectivity index (χ1) is 10.9. The molecule has 0 aromatic heterocycles. The number of hydrogen-bond donors (Lipinski definition) is 5. The van der Waals surface area contributed by atoms with Crippen molar-refractivity contribution in [3.63, 3.8) is 0 Å². The molecule has 0 amide bonds. The maximum Gasteiger partial charge on any atom is 0.157 e. The summed E-state index contributed by atoms with van der Waals surface area (Å²) in [6.07, 6.45) is -1.06. The number of aliphatic hydroxyl groups excluding tert-OH is 1. The number of phenols is 4. The Morgan fingerprint density at radius 1 is 1.00 bits per heavy atom. The van der Waals surface area contributed by atoms with Gasteiger partial charge < -0.3 is 30.3 Å². The van der Waals surface area contributed by atoms with Crippen LogP contribution in [0.3, 0.4) is 0 Å². The standard InChI is InChI=1S/C17H18O6/c1-2-9-12(19)7-13(20)10-6-15(22)16(23-17(9)10)8-3-4-11(18)14(21)5-8/h3-5,7,15-16,18-22H,2,6H2,1H3/t15-,16?/m0/s1. The molecular weight excluding hydrogens is 300 g/mol. The number of phenolic OH excluding ortho intramolecular Hbond substituents is 4. The van der Waals surface area contributed by atoms with E-state index in [1.165, 1.54) is 18.2 Å². The zero-order chi connectivity index (χ0) is 16.7. The van der Waals surface area contributed by atoms with Crippen LogP contribution in [0.1, 0.15) is 29.7 Å². The molecule has 0 aliphatic carbocycles. The van der Waals surface area contributed by atoms with E-state index in [9.17, 15) is 25.5 Å². The molecule has 122 valence electrons. The van der Waals surface area contributed by atoms with Crippen molar-refractivity contribution in [2.75, 3.05) is 0 Å². The molecular formula is C17H18O6. The Balaban J connectivity index is 2.07. The first-order valence-corrected chi connectivity index (χ1v) is 7.35. The van der Waals surface area contributed by atoms with Crippen molar-refractivity contribution >= 4 is 0 Å². The number of hydrogen-bond acceptors (Lipinski definition) is 6. The van der Waals surface area contributed by atoms with Gasteiger partial charge in [-0.1, -0.05) is 13.0 Å².